The van der Waals surface area contributed by atoms with E-state index >= 15 is 0 Å². The topological polar surface area (TPSA) is 50.4 Å². The third-order valence-electron chi connectivity index (χ3n) is 3.10. The van der Waals surface area contributed by atoms with Crippen molar-refractivity contribution in [3.8, 4) is 5.75 Å². The Labute approximate surface area is 114 Å². The van der Waals surface area contributed by atoms with Crippen LogP contribution >= 0.6 is 0 Å². The van der Waals surface area contributed by atoms with Gasteiger partial charge >= 0.3 is 0 Å². The van der Waals surface area contributed by atoms with Crippen LogP contribution in [0.5, 0.6) is 5.75 Å². The van der Waals surface area contributed by atoms with Gasteiger partial charge in [0.25, 0.3) is 5.91 Å². The van der Waals surface area contributed by atoms with Crippen LogP contribution in [0.15, 0.2) is 24.3 Å². The molecule has 1 aromatic rings. The fourth-order valence-corrected chi connectivity index (χ4v) is 2.08. The minimum absolute atomic E-state index is 0.0481. The molecule has 4 nitrogen and oxygen atoms in total. The Bertz CT molecular complexity index is 426. The van der Waals surface area contributed by atoms with E-state index in [1.54, 1.807) is 0 Å². The predicted molar refractivity (Wildman–Crippen MR) is 75.5 cm³/mol. The molecule has 1 heterocycles. The number of nitrogens with one attached hydrogen (secondary N) is 2. The average Bonchev–Trinajstić information content (AvgIpc) is 2.89. The molecule has 1 amide bonds. The van der Waals surface area contributed by atoms with E-state index in [0.29, 0.717) is 23.8 Å². The van der Waals surface area contributed by atoms with Crippen molar-refractivity contribution < 1.29 is 9.53 Å². The molecule has 0 radical (unpaired) electrons. The van der Waals surface area contributed by atoms with E-state index in [1.165, 1.54) is 0 Å². The van der Waals surface area contributed by atoms with Gasteiger partial charge in [-0.25, -0.2) is 0 Å². The number of carbonyl (C=O) groups is 1. The summed E-state index contributed by atoms with van der Waals surface area (Å²) in [5.74, 6) is 1.06. The highest BCUT2D eigenvalue weighted by molar-refractivity contribution is 5.97. The maximum Gasteiger partial charge on any atom is 0.255 e. The first kappa shape index (κ1) is 13.9. The number of para-hydroxylation sites is 1. The molecule has 2 N–H and O–H groups in total. The lowest BCUT2D eigenvalue weighted by atomic mass is 10.1. The van der Waals surface area contributed by atoms with E-state index in [2.05, 4.69) is 24.5 Å². The standard InChI is InChI=1S/C15H22N2O2/c1-11(2)10-19-14-6-4-3-5-13(14)15(18)17-12-7-8-16-9-12/h3-6,11-12,16H,7-10H2,1-2H3,(H,17,18). The lowest BCUT2D eigenvalue weighted by Crippen LogP contribution is -2.36. The summed E-state index contributed by atoms with van der Waals surface area (Å²) in [4.78, 5) is 12.2. The van der Waals surface area contributed by atoms with Gasteiger partial charge in [0.15, 0.2) is 0 Å². The zero-order valence-corrected chi connectivity index (χ0v) is 11.6. The second-order valence-corrected chi connectivity index (χ2v) is 5.36. The van der Waals surface area contributed by atoms with Crippen molar-refractivity contribution in [2.24, 2.45) is 5.92 Å². The fourth-order valence-electron chi connectivity index (χ4n) is 2.08. The molecule has 1 aliphatic rings. The molecular weight excluding hydrogens is 240 g/mol. The van der Waals surface area contributed by atoms with E-state index in [1.807, 2.05) is 24.3 Å². The van der Waals surface area contributed by atoms with Gasteiger partial charge in [-0.3, -0.25) is 4.79 Å². The van der Waals surface area contributed by atoms with Crippen LogP contribution in [0.1, 0.15) is 30.6 Å². The number of carbonyl (C=O) groups excluding carboxylic acids is 1. The van der Waals surface area contributed by atoms with Gasteiger partial charge in [0.2, 0.25) is 0 Å². The monoisotopic (exact) mass is 262 g/mol. The molecule has 0 aliphatic carbocycles. The lowest BCUT2D eigenvalue weighted by Gasteiger charge is -2.15. The van der Waals surface area contributed by atoms with Crippen LogP contribution in [0.25, 0.3) is 0 Å². The van der Waals surface area contributed by atoms with Gasteiger partial charge in [0.05, 0.1) is 12.2 Å². The molecule has 0 saturated carbocycles. The van der Waals surface area contributed by atoms with Gasteiger partial charge in [0.1, 0.15) is 5.75 Å². The minimum Gasteiger partial charge on any atom is -0.492 e. The molecule has 4 heteroatoms. The summed E-state index contributed by atoms with van der Waals surface area (Å²) >= 11 is 0. The third kappa shape index (κ3) is 3.96. The Kier molecular flexibility index (Phi) is 4.80. The van der Waals surface area contributed by atoms with Crippen molar-refractivity contribution in [2.45, 2.75) is 26.3 Å². The van der Waals surface area contributed by atoms with E-state index in [4.69, 9.17) is 4.74 Å². The molecule has 19 heavy (non-hydrogen) atoms. The van der Waals surface area contributed by atoms with E-state index < -0.39 is 0 Å². The smallest absolute Gasteiger partial charge is 0.255 e. The SMILES string of the molecule is CC(C)COc1ccccc1C(=O)NC1CCNC1. The van der Waals surface area contributed by atoms with Crippen molar-refractivity contribution in [3.05, 3.63) is 29.8 Å². The van der Waals surface area contributed by atoms with Gasteiger partial charge in [0, 0.05) is 12.6 Å². The quantitative estimate of drug-likeness (QED) is 0.851. The third-order valence-corrected chi connectivity index (χ3v) is 3.10. The fraction of sp³-hybridized carbons (Fsp3) is 0.533. The Morgan fingerprint density at radius 2 is 2.26 bits per heavy atom. The number of ether oxygens (including phenoxy) is 1. The van der Waals surface area contributed by atoms with Gasteiger partial charge in [-0.1, -0.05) is 26.0 Å². The maximum atomic E-state index is 12.2. The molecule has 1 aliphatic heterocycles. The van der Waals surface area contributed by atoms with Crippen LogP contribution in [0.2, 0.25) is 0 Å². The summed E-state index contributed by atoms with van der Waals surface area (Å²) < 4.78 is 5.71. The zero-order valence-electron chi connectivity index (χ0n) is 11.6. The molecule has 1 fully saturated rings. The molecule has 1 saturated heterocycles. The molecule has 0 bridgehead atoms. The molecule has 0 aromatic heterocycles. The maximum absolute atomic E-state index is 12.2. The Hall–Kier alpha value is -1.55. The van der Waals surface area contributed by atoms with E-state index in [0.717, 1.165) is 19.5 Å². The number of amides is 1. The first-order valence-electron chi connectivity index (χ1n) is 6.90. The highest BCUT2D eigenvalue weighted by atomic mass is 16.5. The molecule has 0 spiro atoms. The molecule has 104 valence electrons. The normalized spacial score (nSPS) is 18.6. The van der Waals surface area contributed by atoms with Gasteiger partial charge < -0.3 is 15.4 Å². The van der Waals surface area contributed by atoms with Crippen LogP contribution in [0.4, 0.5) is 0 Å². The Morgan fingerprint density at radius 1 is 1.47 bits per heavy atom. The van der Waals surface area contributed by atoms with Crippen molar-refractivity contribution in [2.75, 3.05) is 19.7 Å². The Balaban J connectivity index is 2.02. The zero-order chi connectivity index (χ0) is 13.7. The first-order valence-corrected chi connectivity index (χ1v) is 6.90. The molecule has 1 unspecified atom stereocenters. The molecular formula is C15H22N2O2. The number of benzene rings is 1. The molecule has 1 atom stereocenters. The van der Waals surface area contributed by atoms with Crippen LogP contribution in [0.3, 0.4) is 0 Å². The van der Waals surface area contributed by atoms with Crippen LogP contribution in [-0.4, -0.2) is 31.6 Å². The lowest BCUT2D eigenvalue weighted by molar-refractivity contribution is 0.0935. The van der Waals surface area contributed by atoms with Gasteiger partial charge in [-0.05, 0) is 31.0 Å². The van der Waals surface area contributed by atoms with Crippen molar-refractivity contribution in [3.63, 3.8) is 0 Å². The number of hydrogen-bond donors (Lipinski definition) is 2. The summed E-state index contributed by atoms with van der Waals surface area (Å²) in [6, 6.07) is 7.65. The van der Waals surface area contributed by atoms with Crippen LogP contribution in [-0.2, 0) is 0 Å². The van der Waals surface area contributed by atoms with Crippen molar-refractivity contribution in [1.82, 2.24) is 10.6 Å². The van der Waals surface area contributed by atoms with Crippen molar-refractivity contribution >= 4 is 5.91 Å². The second kappa shape index (κ2) is 6.57. The summed E-state index contributed by atoms with van der Waals surface area (Å²) in [6.07, 6.45) is 0.987. The first-order chi connectivity index (χ1) is 9.16. The summed E-state index contributed by atoms with van der Waals surface area (Å²) in [5.41, 5.74) is 0.620. The Morgan fingerprint density at radius 3 is 2.95 bits per heavy atom. The average molecular weight is 262 g/mol. The summed E-state index contributed by atoms with van der Waals surface area (Å²) in [6.45, 7) is 6.62. The molecule has 2 rings (SSSR count). The summed E-state index contributed by atoms with van der Waals surface area (Å²) in [5, 5.41) is 6.28. The van der Waals surface area contributed by atoms with Gasteiger partial charge in [-0.2, -0.15) is 0 Å². The number of rotatable bonds is 5. The highest BCUT2D eigenvalue weighted by Gasteiger charge is 2.19. The highest BCUT2D eigenvalue weighted by Crippen LogP contribution is 2.19. The van der Waals surface area contributed by atoms with Gasteiger partial charge in [-0.15, -0.1) is 0 Å². The van der Waals surface area contributed by atoms with E-state index in [-0.39, 0.29) is 11.9 Å². The molecule has 1 aromatic carbocycles. The number of hydrogen-bond acceptors (Lipinski definition) is 3. The second-order valence-electron chi connectivity index (χ2n) is 5.36. The van der Waals surface area contributed by atoms with Crippen LogP contribution in [0, 0.1) is 5.92 Å². The largest absolute Gasteiger partial charge is 0.492 e. The van der Waals surface area contributed by atoms with Crippen LogP contribution < -0.4 is 15.4 Å². The minimum atomic E-state index is -0.0481. The van der Waals surface area contributed by atoms with Crippen molar-refractivity contribution in [1.29, 1.82) is 0 Å². The van der Waals surface area contributed by atoms with E-state index in [9.17, 15) is 4.79 Å². The predicted octanol–water partition coefficient (Wildman–Crippen LogP) is 1.81. The summed E-state index contributed by atoms with van der Waals surface area (Å²) in [7, 11) is 0.